The molecular weight excluding hydrogens is 504 g/mol. The summed E-state index contributed by atoms with van der Waals surface area (Å²) >= 11 is 3.51. The lowest BCUT2D eigenvalue weighted by atomic mass is 9.84. The van der Waals surface area contributed by atoms with E-state index in [0.717, 1.165) is 16.7 Å². The van der Waals surface area contributed by atoms with Crippen LogP contribution in [0, 0.1) is 0 Å². The van der Waals surface area contributed by atoms with Crippen LogP contribution in [0.4, 0.5) is 0 Å². The summed E-state index contributed by atoms with van der Waals surface area (Å²) < 4.78 is 4.08. The van der Waals surface area contributed by atoms with E-state index in [0.29, 0.717) is 16.5 Å². The molecule has 0 amide bonds. The summed E-state index contributed by atoms with van der Waals surface area (Å²) in [5.74, 6) is -0.761. The van der Waals surface area contributed by atoms with Crippen molar-refractivity contribution in [3.8, 4) is 16.9 Å². The molecule has 174 valence electrons. The van der Waals surface area contributed by atoms with Crippen LogP contribution in [0.15, 0.2) is 118 Å². The van der Waals surface area contributed by atoms with Gasteiger partial charge in [-0.1, -0.05) is 97.1 Å². The van der Waals surface area contributed by atoms with Crippen LogP contribution < -0.4 is 5.63 Å². The van der Waals surface area contributed by atoms with Crippen molar-refractivity contribution >= 4 is 26.9 Å². The van der Waals surface area contributed by atoms with Gasteiger partial charge in [-0.2, -0.15) is 0 Å². The lowest BCUT2D eigenvalue weighted by Gasteiger charge is -2.28. The van der Waals surface area contributed by atoms with Crippen LogP contribution in [-0.4, -0.2) is 10.2 Å². The van der Waals surface area contributed by atoms with E-state index in [9.17, 15) is 15.0 Å². The Morgan fingerprint density at radius 2 is 1.34 bits per heavy atom. The fourth-order valence-electron chi connectivity index (χ4n) is 4.46. The number of aromatic hydroxyl groups is 1. The minimum atomic E-state index is -1.47. The summed E-state index contributed by atoms with van der Waals surface area (Å²) in [6.07, 6.45) is 0.0956. The topological polar surface area (TPSA) is 70.7 Å². The molecule has 0 saturated heterocycles. The lowest BCUT2D eigenvalue weighted by Crippen LogP contribution is -2.24. The highest BCUT2D eigenvalue weighted by atomic mass is 79.9. The Labute approximate surface area is 211 Å². The van der Waals surface area contributed by atoms with E-state index in [1.807, 2.05) is 84.9 Å². The van der Waals surface area contributed by atoms with Gasteiger partial charge in [0.15, 0.2) is 0 Å². The molecule has 5 heteroatoms. The molecule has 0 fully saturated rings. The Balaban J connectivity index is 1.57. The van der Waals surface area contributed by atoms with E-state index in [1.165, 1.54) is 0 Å². The molecule has 2 unspecified atom stereocenters. The van der Waals surface area contributed by atoms with E-state index >= 15 is 0 Å². The zero-order valence-corrected chi connectivity index (χ0v) is 20.4. The number of benzene rings is 4. The molecule has 0 saturated carbocycles. The fourth-order valence-corrected chi connectivity index (χ4v) is 5.05. The number of fused-ring (bicyclic) bond motifs is 1. The average Bonchev–Trinajstić information content (AvgIpc) is 2.89. The molecule has 0 radical (unpaired) electrons. The van der Waals surface area contributed by atoms with Crippen molar-refractivity contribution in [2.45, 2.75) is 16.8 Å². The van der Waals surface area contributed by atoms with E-state index in [2.05, 4.69) is 15.9 Å². The van der Waals surface area contributed by atoms with Crippen LogP contribution in [0.2, 0.25) is 0 Å². The third-order valence-corrected chi connectivity index (χ3v) is 7.06. The predicted molar refractivity (Wildman–Crippen MR) is 142 cm³/mol. The number of aliphatic hydroxyl groups is 1. The van der Waals surface area contributed by atoms with Gasteiger partial charge < -0.3 is 14.6 Å². The third-order valence-electron chi connectivity index (χ3n) is 6.28. The van der Waals surface area contributed by atoms with Crippen molar-refractivity contribution in [2.75, 3.05) is 0 Å². The zero-order valence-electron chi connectivity index (χ0n) is 18.8. The van der Waals surface area contributed by atoms with Crippen molar-refractivity contribution in [1.82, 2.24) is 0 Å². The Kier molecular flexibility index (Phi) is 6.29. The van der Waals surface area contributed by atoms with Crippen LogP contribution in [0.25, 0.3) is 22.1 Å². The predicted octanol–water partition coefficient (Wildman–Crippen LogP) is 6.93. The molecule has 1 heterocycles. The van der Waals surface area contributed by atoms with Gasteiger partial charge in [-0.05, 0) is 50.3 Å². The minimum Gasteiger partial charge on any atom is -0.507 e. The van der Waals surface area contributed by atoms with Gasteiger partial charge in [-0.3, -0.25) is 0 Å². The van der Waals surface area contributed by atoms with E-state index in [1.54, 1.807) is 24.3 Å². The first-order valence-electron chi connectivity index (χ1n) is 11.3. The monoisotopic (exact) mass is 526 g/mol. The number of alkyl halides is 1. The molecule has 1 aromatic heterocycles. The van der Waals surface area contributed by atoms with E-state index in [4.69, 9.17) is 4.42 Å². The normalized spacial score (nSPS) is 13.9. The average molecular weight is 527 g/mol. The number of halogens is 1. The molecule has 4 aromatic carbocycles. The molecular formula is C30H23BrO4. The number of para-hydroxylation sites is 1. The van der Waals surface area contributed by atoms with Gasteiger partial charge in [0.1, 0.15) is 15.8 Å². The summed E-state index contributed by atoms with van der Waals surface area (Å²) in [4.78, 5) is 13.1. The summed E-state index contributed by atoms with van der Waals surface area (Å²) in [6, 6.07) is 33.9. The smallest absolute Gasteiger partial charge is 0.343 e. The molecule has 2 N–H and O–H groups in total. The summed E-state index contributed by atoms with van der Waals surface area (Å²) in [5, 5.41) is 23.1. The van der Waals surface area contributed by atoms with Gasteiger partial charge in [0.05, 0.1) is 10.9 Å². The second kappa shape index (κ2) is 9.53. The highest BCUT2D eigenvalue weighted by Crippen LogP contribution is 2.44. The SMILES string of the molecule is O=c1oc2ccccc2c(O)c1C(CC(O)(Br)c1ccc(-c2ccccc2)cc1)c1ccccc1. The van der Waals surface area contributed by atoms with Gasteiger partial charge >= 0.3 is 5.63 Å². The quantitative estimate of drug-likeness (QED) is 0.186. The maximum absolute atomic E-state index is 13.1. The summed E-state index contributed by atoms with van der Waals surface area (Å²) in [5.41, 5.74) is 3.35. The Hall–Kier alpha value is -3.67. The fraction of sp³-hybridized carbons (Fsp3) is 0.100. The second-order valence-electron chi connectivity index (χ2n) is 8.52. The Morgan fingerprint density at radius 1 is 0.771 bits per heavy atom. The van der Waals surface area contributed by atoms with Crippen molar-refractivity contribution in [2.24, 2.45) is 0 Å². The van der Waals surface area contributed by atoms with Gasteiger partial charge in [-0.25, -0.2) is 4.79 Å². The first kappa shape index (κ1) is 23.1. The number of hydrogen-bond donors (Lipinski definition) is 2. The lowest BCUT2D eigenvalue weighted by molar-refractivity contribution is 0.129. The first-order valence-corrected chi connectivity index (χ1v) is 12.1. The van der Waals surface area contributed by atoms with Crippen molar-refractivity contribution in [3.05, 3.63) is 136 Å². The largest absolute Gasteiger partial charge is 0.507 e. The van der Waals surface area contributed by atoms with Gasteiger partial charge in [-0.15, -0.1) is 0 Å². The molecule has 35 heavy (non-hydrogen) atoms. The van der Waals surface area contributed by atoms with Crippen LogP contribution in [-0.2, 0) is 4.51 Å². The molecule has 0 spiro atoms. The van der Waals surface area contributed by atoms with E-state index < -0.39 is 16.1 Å². The molecule has 4 nitrogen and oxygen atoms in total. The second-order valence-corrected chi connectivity index (χ2v) is 9.83. The standard InChI is InChI=1S/C30H23BrO4/c31-30(34,23-17-15-21(16-18-23)20-9-3-1-4-10-20)19-25(22-11-5-2-6-12-22)27-28(32)24-13-7-8-14-26(24)35-29(27)33/h1-18,25,32,34H,19H2. The van der Waals surface area contributed by atoms with E-state index in [-0.39, 0.29) is 17.7 Å². The van der Waals surface area contributed by atoms with Crippen LogP contribution in [0.1, 0.15) is 29.0 Å². The summed E-state index contributed by atoms with van der Waals surface area (Å²) in [7, 11) is 0. The molecule has 5 rings (SSSR count). The number of rotatable bonds is 6. The molecule has 0 bridgehead atoms. The first-order chi connectivity index (χ1) is 16.9. The van der Waals surface area contributed by atoms with Gasteiger partial charge in [0.25, 0.3) is 0 Å². The zero-order chi connectivity index (χ0) is 24.4. The van der Waals surface area contributed by atoms with Crippen molar-refractivity contribution < 1.29 is 14.6 Å². The highest BCUT2D eigenvalue weighted by molar-refractivity contribution is 9.09. The number of hydrogen-bond acceptors (Lipinski definition) is 4. The van der Waals surface area contributed by atoms with Crippen molar-refractivity contribution in [1.29, 1.82) is 0 Å². The highest BCUT2D eigenvalue weighted by Gasteiger charge is 2.34. The Bertz CT molecular complexity index is 1510. The van der Waals surface area contributed by atoms with Crippen LogP contribution in [0.3, 0.4) is 0 Å². The molecule has 0 aliphatic carbocycles. The minimum absolute atomic E-state index is 0.0956. The van der Waals surface area contributed by atoms with Crippen LogP contribution >= 0.6 is 15.9 Å². The molecule has 2 atom stereocenters. The van der Waals surface area contributed by atoms with Gasteiger partial charge in [0, 0.05) is 12.3 Å². The van der Waals surface area contributed by atoms with Gasteiger partial charge in [0.2, 0.25) is 0 Å². The van der Waals surface area contributed by atoms with Crippen LogP contribution in [0.5, 0.6) is 5.75 Å². The maximum atomic E-state index is 13.1. The Morgan fingerprint density at radius 3 is 2.03 bits per heavy atom. The van der Waals surface area contributed by atoms with Crippen molar-refractivity contribution in [3.63, 3.8) is 0 Å². The summed E-state index contributed by atoms with van der Waals surface area (Å²) in [6.45, 7) is 0. The molecule has 0 aliphatic rings. The maximum Gasteiger partial charge on any atom is 0.343 e. The third kappa shape index (κ3) is 4.65. The molecule has 0 aliphatic heterocycles. The molecule has 5 aromatic rings.